The van der Waals surface area contributed by atoms with Crippen LogP contribution in [0.5, 0.6) is 0 Å². The molecular weight excluding hydrogens is 334 g/mol. The smallest absolute Gasteiger partial charge is 0.266 e. The van der Waals surface area contributed by atoms with Crippen molar-refractivity contribution in [1.82, 2.24) is 9.97 Å². The van der Waals surface area contributed by atoms with Gasteiger partial charge in [0.25, 0.3) is 11.5 Å². The molecule has 5 nitrogen and oxygen atoms in total. The van der Waals surface area contributed by atoms with Crippen LogP contribution in [0.25, 0.3) is 10.2 Å². The van der Waals surface area contributed by atoms with Crippen LogP contribution in [0.3, 0.4) is 0 Å². The Balaban J connectivity index is 2.00. The molecule has 0 fully saturated rings. The Morgan fingerprint density at radius 2 is 2.04 bits per heavy atom. The summed E-state index contributed by atoms with van der Waals surface area (Å²) in [7, 11) is 0. The Kier molecular flexibility index (Phi) is 4.72. The lowest BCUT2D eigenvalue weighted by Crippen LogP contribution is -2.14. The average Bonchev–Trinajstić information content (AvgIpc) is 2.88. The number of benzene rings is 1. The summed E-state index contributed by atoms with van der Waals surface area (Å²) in [6, 6.07) is 5.88. The highest BCUT2D eigenvalue weighted by Gasteiger charge is 2.19. The van der Waals surface area contributed by atoms with Gasteiger partial charge in [0.15, 0.2) is 0 Å². The Hall–Kier alpha value is -2.47. The highest BCUT2D eigenvalue weighted by Crippen LogP contribution is 2.28. The van der Waals surface area contributed by atoms with Gasteiger partial charge in [0.05, 0.1) is 10.3 Å². The minimum atomic E-state index is -0.205. The zero-order chi connectivity index (χ0) is 18.1. The highest BCUT2D eigenvalue weighted by molar-refractivity contribution is 7.20. The number of aromatic amines is 1. The van der Waals surface area contributed by atoms with Crippen LogP contribution in [0.1, 0.15) is 45.5 Å². The molecule has 0 aliphatic carbocycles. The lowest BCUT2D eigenvalue weighted by atomic mass is 10.1. The van der Waals surface area contributed by atoms with E-state index in [2.05, 4.69) is 15.3 Å². The van der Waals surface area contributed by atoms with Gasteiger partial charge in [-0.15, -0.1) is 11.3 Å². The normalized spacial score (nSPS) is 11.0. The topological polar surface area (TPSA) is 74.8 Å². The van der Waals surface area contributed by atoms with Gasteiger partial charge in [-0.25, -0.2) is 4.98 Å². The fraction of sp³-hybridized carbons (Fsp3) is 0.316. The second-order valence-corrected chi connectivity index (χ2v) is 7.27. The van der Waals surface area contributed by atoms with Crippen molar-refractivity contribution in [2.75, 3.05) is 5.32 Å². The van der Waals surface area contributed by atoms with Gasteiger partial charge in [0.1, 0.15) is 10.7 Å². The number of nitrogens with zero attached hydrogens (tertiary/aromatic N) is 1. The number of amides is 1. The molecule has 0 unspecified atom stereocenters. The van der Waals surface area contributed by atoms with Crippen LogP contribution in [0.15, 0.2) is 23.0 Å². The average molecular weight is 355 g/mol. The summed E-state index contributed by atoms with van der Waals surface area (Å²) in [6.45, 7) is 7.81. The summed E-state index contributed by atoms with van der Waals surface area (Å²) >= 11 is 1.27. The lowest BCUT2D eigenvalue weighted by Gasteiger charge is -2.08. The number of fused-ring (bicyclic) bond motifs is 1. The molecule has 1 amide bonds. The van der Waals surface area contributed by atoms with Crippen LogP contribution in [-0.2, 0) is 6.42 Å². The molecule has 0 spiro atoms. The Labute approximate surface area is 150 Å². The van der Waals surface area contributed by atoms with Crippen molar-refractivity contribution >= 4 is 33.1 Å². The van der Waals surface area contributed by atoms with Crippen molar-refractivity contribution in [3.8, 4) is 0 Å². The fourth-order valence-electron chi connectivity index (χ4n) is 2.89. The summed E-state index contributed by atoms with van der Waals surface area (Å²) in [5.74, 6) is 0.464. The highest BCUT2D eigenvalue weighted by atomic mass is 32.1. The largest absolute Gasteiger partial charge is 0.321 e. The fourth-order valence-corrected chi connectivity index (χ4v) is 3.99. The van der Waals surface area contributed by atoms with E-state index in [1.54, 1.807) is 6.92 Å². The first-order chi connectivity index (χ1) is 11.9. The number of H-pyrrole nitrogens is 1. The molecule has 0 saturated carbocycles. The van der Waals surface area contributed by atoms with Crippen LogP contribution in [-0.4, -0.2) is 15.9 Å². The number of rotatable bonds is 4. The Bertz CT molecular complexity index is 1020. The van der Waals surface area contributed by atoms with Crippen LogP contribution in [0, 0.1) is 20.8 Å². The van der Waals surface area contributed by atoms with Gasteiger partial charge in [-0.1, -0.05) is 24.6 Å². The van der Waals surface area contributed by atoms with E-state index in [-0.39, 0.29) is 11.5 Å². The van der Waals surface area contributed by atoms with E-state index in [9.17, 15) is 9.59 Å². The number of aryl methyl sites for hydroxylation is 4. The monoisotopic (exact) mass is 355 g/mol. The predicted octanol–water partition coefficient (Wildman–Crippen LogP) is 4.11. The minimum Gasteiger partial charge on any atom is -0.321 e. The predicted molar refractivity (Wildman–Crippen MR) is 103 cm³/mol. The number of hydrogen-bond acceptors (Lipinski definition) is 4. The van der Waals surface area contributed by atoms with E-state index in [4.69, 9.17) is 0 Å². The molecule has 25 heavy (non-hydrogen) atoms. The molecule has 0 saturated heterocycles. The zero-order valence-electron chi connectivity index (χ0n) is 14.8. The molecule has 0 aliphatic heterocycles. The second kappa shape index (κ2) is 6.80. The molecule has 0 aliphatic rings. The summed E-state index contributed by atoms with van der Waals surface area (Å²) in [5.41, 5.74) is 3.44. The molecule has 0 bridgehead atoms. The first-order valence-electron chi connectivity index (χ1n) is 8.31. The van der Waals surface area contributed by atoms with Crippen molar-refractivity contribution in [2.24, 2.45) is 0 Å². The number of carbonyl (C=O) groups is 1. The van der Waals surface area contributed by atoms with Crippen LogP contribution < -0.4 is 10.9 Å². The van der Waals surface area contributed by atoms with Gasteiger partial charge in [0, 0.05) is 12.1 Å². The molecule has 2 aromatic heterocycles. The molecule has 0 radical (unpaired) electrons. The maximum absolute atomic E-state index is 12.7. The first-order valence-corrected chi connectivity index (χ1v) is 9.13. The van der Waals surface area contributed by atoms with Crippen molar-refractivity contribution in [3.05, 3.63) is 55.9 Å². The maximum Gasteiger partial charge on any atom is 0.266 e. The third kappa shape index (κ3) is 3.35. The number of hydrogen-bond donors (Lipinski definition) is 2. The number of aromatic nitrogens is 2. The molecular formula is C19H21N3O2S. The van der Waals surface area contributed by atoms with Crippen molar-refractivity contribution in [3.63, 3.8) is 0 Å². The summed E-state index contributed by atoms with van der Waals surface area (Å²) in [6.07, 6.45) is 1.62. The maximum atomic E-state index is 12.7. The lowest BCUT2D eigenvalue weighted by molar-refractivity contribution is 0.103. The molecule has 2 N–H and O–H groups in total. The molecule has 6 heteroatoms. The molecule has 2 heterocycles. The van der Waals surface area contributed by atoms with Crippen LogP contribution in [0.2, 0.25) is 0 Å². The number of anilines is 1. The molecule has 0 atom stereocenters. The van der Waals surface area contributed by atoms with Crippen molar-refractivity contribution in [2.45, 2.75) is 40.5 Å². The van der Waals surface area contributed by atoms with Crippen LogP contribution >= 0.6 is 11.3 Å². The van der Waals surface area contributed by atoms with Gasteiger partial charge in [0.2, 0.25) is 0 Å². The van der Waals surface area contributed by atoms with Gasteiger partial charge >= 0.3 is 0 Å². The van der Waals surface area contributed by atoms with E-state index in [0.717, 1.165) is 23.2 Å². The summed E-state index contributed by atoms with van der Waals surface area (Å²) in [5, 5.41) is 3.46. The number of nitrogens with one attached hydrogen (secondary N) is 2. The Morgan fingerprint density at radius 1 is 1.28 bits per heavy atom. The second-order valence-electron chi connectivity index (χ2n) is 6.27. The van der Waals surface area contributed by atoms with Gasteiger partial charge < -0.3 is 10.3 Å². The zero-order valence-corrected chi connectivity index (χ0v) is 15.6. The summed E-state index contributed by atoms with van der Waals surface area (Å²) in [4.78, 5) is 33.6. The molecule has 130 valence electrons. The van der Waals surface area contributed by atoms with Crippen molar-refractivity contribution < 1.29 is 4.79 Å². The van der Waals surface area contributed by atoms with E-state index in [1.165, 1.54) is 11.3 Å². The number of carbonyl (C=O) groups excluding carboxylic acids is 1. The Morgan fingerprint density at radius 3 is 2.72 bits per heavy atom. The molecule has 3 rings (SSSR count). The van der Waals surface area contributed by atoms with Crippen LogP contribution in [0.4, 0.5) is 5.69 Å². The van der Waals surface area contributed by atoms with E-state index in [1.807, 2.05) is 39.0 Å². The standard InChI is InChI=1S/C19H21N3O2S/c1-5-6-14-21-17(23)15-12(4)16(25-19(15)22-14)18(24)20-13-8-7-10(2)9-11(13)3/h7-9H,5-6H2,1-4H3,(H,20,24)(H,21,22,23). The molecule has 1 aromatic carbocycles. The van der Waals surface area contributed by atoms with Crippen molar-refractivity contribution in [1.29, 1.82) is 0 Å². The van der Waals surface area contributed by atoms with E-state index < -0.39 is 0 Å². The summed E-state index contributed by atoms with van der Waals surface area (Å²) < 4.78 is 0. The first kappa shape index (κ1) is 17.4. The third-order valence-corrected chi connectivity index (χ3v) is 5.36. The van der Waals surface area contributed by atoms with E-state index >= 15 is 0 Å². The van der Waals surface area contributed by atoms with Gasteiger partial charge in [-0.3, -0.25) is 9.59 Å². The van der Waals surface area contributed by atoms with Gasteiger partial charge in [-0.05, 0) is 44.4 Å². The minimum absolute atomic E-state index is 0.173. The SMILES string of the molecule is CCCc1nc2sc(C(=O)Nc3ccc(C)cc3C)c(C)c2c(=O)[nH]1. The molecule has 3 aromatic rings. The third-order valence-electron chi connectivity index (χ3n) is 4.17. The van der Waals surface area contributed by atoms with E-state index in [0.29, 0.717) is 32.9 Å². The number of thiophene rings is 1. The quantitative estimate of drug-likeness (QED) is 0.739. The van der Waals surface area contributed by atoms with Gasteiger partial charge in [-0.2, -0.15) is 0 Å².